The quantitative estimate of drug-likeness (QED) is 0.485. The first-order chi connectivity index (χ1) is 14.9. The molecule has 8 heteroatoms. The van der Waals surface area contributed by atoms with Gasteiger partial charge in [0.1, 0.15) is 11.0 Å². The first-order valence-corrected chi connectivity index (χ1v) is 11.0. The molecule has 1 heterocycles. The number of hydrogen-bond acceptors (Lipinski definition) is 5. The summed E-state index contributed by atoms with van der Waals surface area (Å²) < 4.78 is 0. The van der Waals surface area contributed by atoms with Crippen molar-refractivity contribution >= 4 is 34.1 Å². The summed E-state index contributed by atoms with van der Waals surface area (Å²) >= 11 is 1.30. The largest absolute Gasteiger partial charge is 0.326 e. The number of anilines is 2. The number of urea groups is 1. The van der Waals surface area contributed by atoms with Gasteiger partial charge in [-0.05, 0) is 43.5 Å². The molecule has 0 spiro atoms. The molecule has 0 saturated carbocycles. The third-order valence-corrected chi connectivity index (χ3v) is 5.87. The van der Waals surface area contributed by atoms with Gasteiger partial charge in [-0.1, -0.05) is 67.5 Å². The molecular weight excluding hydrogens is 410 g/mol. The molecule has 0 fully saturated rings. The molecule has 2 atom stereocenters. The van der Waals surface area contributed by atoms with Gasteiger partial charge >= 0.3 is 6.03 Å². The van der Waals surface area contributed by atoms with Crippen LogP contribution in [0.25, 0.3) is 10.6 Å². The molecule has 31 heavy (non-hydrogen) atoms. The summed E-state index contributed by atoms with van der Waals surface area (Å²) in [5, 5.41) is 17.8. The van der Waals surface area contributed by atoms with Gasteiger partial charge in [-0.2, -0.15) is 0 Å². The highest BCUT2D eigenvalue weighted by molar-refractivity contribution is 7.18. The van der Waals surface area contributed by atoms with Crippen LogP contribution in [0.15, 0.2) is 48.5 Å². The molecule has 3 N–H and O–H groups in total. The normalized spacial score (nSPS) is 12.6. The predicted molar refractivity (Wildman–Crippen MR) is 125 cm³/mol. The molecule has 7 nitrogen and oxygen atoms in total. The van der Waals surface area contributed by atoms with Crippen LogP contribution in [0.1, 0.15) is 31.4 Å². The fraction of sp³-hybridized carbons (Fsp3) is 0.304. The van der Waals surface area contributed by atoms with Crippen molar-refractivity contribution in [1.82, 2.24) is 15.5 Å². The molecule has 0 aliphatic heterocycles. The van der Waals surface area contributed by atoms with Gasteiger partial charge in [0, 0.05) is 11.3 Å². The van der Waals surface area contributed by atoms with E-state index < -0.39 is 12.1 Å². The number of nitrogens with one attached hydrogen (secondary N) is 3. The van der Waals surface area contributed by atoms with E-state index in [1.165, 1.54) is 11.3 Å². The maximum Gasteiger partial charge on any atom is 0.319 e. The van der Waals surface area contributed by atoms with E-state index >= 15 is 0 Å². The standard InChI is InChI=1S/C23H27N5O2S/c1-5-16(4)19(25-22(30)24-18-11-7-9-15(3)13-18)20(29)26-23-28-27-21(31-23)17-10-6-8-14(2)12-17/h6-13,16,19H,5H2,1-4H3,(H2,24,25,30)(H,26,28,29)/t16-,19+/m1/s1. The van der Waals surface area contributed by atoms with E-state index in [4.69, 9.17) is 0 Å². The minimum Gasteiger partial charge on any atom is -0.326 e. The molecular formula is C23H27N5O2S. The van der Waals surface area contributed by atoms with Crippen LogP contribution in [0, 0.1) is 19.8 Å². The van der Waals surface area contributed by atoms with Crippen molar-refractivity contribution in [2.75, 3.05) is 10.6 Å². The number of nitrogens with zero attached hydrogens (tertiary/aromatic N) is 2. The molecule has 3 rings (SSSR count). The highest BCUT2D eigenvalue weighted by atomic mass is 32.1. The van der Waals surface area contributed by atoms with Gasteiger partial charge in [-0.25, -0.2) is 4.79 Å². The lowest BCUT2D eigenvalue weighted by molar-refractivity contribution is -0.119. The average molecular weight is 438 g/mol. The Morgan fingerprint density at radius 3 is 2.39 bits per heavy atom. The lowest BCUT2D eigenvalue weighted by Crippen LogP contribution is -2.49. The number of benzene rings is 2. The maximum absolute atomic E-state index is 12.9. The Hall–Kier alpha value is -3.26. The second-order valence-electron chi connectivity index (χ2n) is 7.60. The lowest BCUT2D eigenvalue weighted by Gasteiger charge is -2.23. The SMILES string of the molecule is CC[C@@H](C)[C@H](NC(=O)Nc1cccc(C)c1)C(=O)Nc1nnc(-c2cccc(C)c2)s1. The molecule has 2 aromatic carbocycles. The van der Waals surface area contributed by atoms with Gasteiger partial charge in [0.25, 0.3) is 0 Å². The van der Waals surface area contributed by atoms with E-state index in [0.29, 0.717) is 10.8 Å². The molecule has 0 radical (unpaired) electrons. The van der Waals surface area contributed by atoms with E-state index in [-0.39, 0.29) is 11.8 Å². The molecule has 1 aromatic heterocycles. The van der Waals surface area contributed by atoms with Crippen molar-refractivity contribution < 1.29 is 9.59 Å². The Labute approximate surface area is 186 Å². The first kappa shape index (κ1) is 22.4. The van der Waals surface area contributed by atoms with E-state index in [2.05, 4.69) is 26.1 Å². The van der Waals surface area contributed by atoms with Crippen LogP contribution in [0.2, 0.25) is 0 Å². The molecule has 0 unspecified atom stereocenters. The van der Waals surface area contributed by atoms with Crippen molar-refractivity contribution in [1.29, 1.82) is 0 Å². The van der Waals surface area contributed by atoms with Crippen molar-refractivity contribution in [3.8, 4) is 10.6 Å². The average Bonchev–Trinajstić information content (AvgIpc) is 3.20. The zero-order chi connectivity index (χ0) is 22.4. The van der Waals surface area contributed by atoms with Crippen LogP contribution in [0.5, 0.6) is 0 Å². The van der Waals surface area contributed by atoms with Gasteiger partial charge < -0.3 is 10.6 Å². The molecule has 162 valence electrons. The lowest BCUT2D eigenvalue weighted by atomic mass is 9.98. The Morgan fingerprint density at radius 2 is 1.71 bits per heavy atom. The molecule has 0 aliphatic rings. The zero-order valence-electron chi connectivity index (χ0n) is 18.1. The fourth-order valence-corrected chi connectivity index (χ4v) is 3.83. The topological polar surface area (TPSA) is 96.0 Å². The van der Waals surface area contributed by atoms with Gasteiger partial charge in [-0.15, -0.1) is 10.2 Å². The second-order valence-corrected chi connectivity index (χ2v) is 8.58. The number of aryl methyl sites for hydroxylation is 2. The number of carbonyl (C=O) groups is 2. The summed E-state index contributed by atoms with van der Waals surface area (Å²) in [4.78, 5) is 25.4. The number of rotatable bonds is 7. The summed E-state index contributed by atoms with van der Waals surface area (Å²) in [6, 6.07) is 14.3. The van der Waals surface area contributed by atoms with Crippen molar-refractivity contribution in [2.45, 2.75) is 40.2 Å². The second kappa shape index (κ2) is 10.2. The summed E-state index contributed by atoms with van der Waals surface area (Å²) in [6.45, 7) is 7.87. The van der Waals surface area contributed by atoms with Crippen molar-refractivity contribution in [2.24, 2.45) is 5.92 Å². The van der Waals surface area contributed by atoms with Gasteiger partial charge in [-0.3, -0.25) is 10.1 Å². The molecule has 0 saturated heterocycles. The highest BCUT2D eigenvalue weighted by Crippen LogP contribution is 2.27. The number of aromatic nitrogens is 2. The number of hydrogen-bond donors (Lipinski definition) is 3. The van der Waals surface area contributed by atoms with Gasteiger partial charge in [0.15, 0.2) is 0 Å². The monoisotopic (exact) mass is 437 g/mol. The van der Waals surface area contributed by atoms with Gasteiger partial charge in [0.05, 0.1) is 0 Å². The van der Waals surface area contributed by atoms with Gasteiger partial charge in [0.2, 0.25) is 11.0 Å². The van der Waals surface area contributed by atoms with Crippen LogP contribution in [-0.2, 0) is 4.79 Å². The van der Waals surface area contributed by atoms with E-state index in [1.807, 2.05) is 70.2 Å². The van der Waals surface area contributed by atoms with Crippen molar-refractivity contribution in [3.63, 3.8) is 0 Å². The molecule has 0 bridgehead atoms. The fourth-order valence-electron chi connectivity index (χ4n) is 3.08. The highest BCUT2D eigenvalue weighted by Gasteiger charge is 2.27. The van der Waals surface area contributed by atoms with E-state index in [0.717, 1.165) is 28.1 Å². The molecule has 3 amide bonds. The Bertz CT molecular complexity index is 1070. The smallest absolute Gasteiger partial charge is 0.319 e. The predicted octanol–water partition coefficient (Wildman–Crippen LogP) is 5.00. The van der Waals surface area contributed by atoms with E-state index in [1.54, 1.807) is 6.07 Å². The summed E-state index contributed by atoms with van der Waals surface area (Å²) in [5.41, 5.74) is 3.79. The van der Waals surface area contributed by atoms with Crippen LogP contribution >= 0.6 is 11.3 Å². The Morgan fingerprint density at radius 1 is 1.00 bits per heavy atom. The molecule has 0 aliphatic carbocycles. The number of amides is 3. The maximum atomic E-state index is 12.9. The zero-order valence-corrected chi connectivity index (χ0v) is 18.9. The minimum absolute atomic E-state index is 0.0626. The van der Waals surface area contributed by atoms with Crippen LogP contribution in [-0.4, -0.2) is 28.2 Å². The third-order valence-electron chi connectivity index (χ3n) is 4.98. The van der Waals surface area contributed by atoms with Crippen molar-refractivity contribution in [3.05, 3.63) is 59.7 Å². The summed E-state index contributed by atoms with van der Waals surface area (Å²) in [6.07, 6.45) is 0.730. The van der Waals surface area contributed by atoms with Crippen LogP contribution < -0.4 is 16.0 Å². The van der Waals surface area contributed by atoms with Crippen LogP contribution in [0.3, 0.4) is 0 Å². The molecule has 3 aromatic rings. The first-order valence-electron chi connectivity index (χ1n) is 10.2. The Kier molecular flexibility index (Phi) is 7.36. The Balaban J connectivity index is 1.68. The third kappa shape index (κ3) is 6.11. The number of carbonyl (C=O) groups excluding carboxylic acids is 2. The van der Waals surface area contributed by atoms with Crippen LogP contribution in [0.4, 0.5) is 15.6 Å². The van der Waals surface area contributed by atoms with E-state index in [9.17, 15) is 9.59 Å². The minimum atomic E-state index is -0.707. The summed E-state index contributed by atoms with van der Waals surface area (Å²) in [5.74, 6) is -0.381. The summed E-state index contributed by atoms with van der Waals surface area (Å²) in [7, 11) is 0.